The van der Waals surface area contributed by atoms with Gasteiger partial charge in [0.15, 0.2) is 0 Å². The zero-order valence-electron chi connectivity index (χ0n) is 32.9. The zero-order chi connectivity index (χ0) is 37.7. The normalized spacial score (nSPS) is 16.9. The summed E-state index contributed by atoms with van der Waals surface area (Å²) in [6.07, 6.45) is 0. The van der Waals surface area contributed by atoms with E-state index in [0.29, 0.717) is 5.56 Å². The summed E-state index contributed by atoms with van der Waals surface area (Å²) >= 11 is 0. The third-order valence-electron chi connectivity index (χ3n) is 10.6. The van der Waals surface area contributed by atoms with Crippen molar-refractivity contribution in [2.24, 2.45) is 0 Å². The van der Waals surface area contributed by atoms with E-state index in [0.717, 1.165) is 54.6 Å². The van der Waals surface area contributed by atoms with Crippen molar-refractivity contribution in [1.82, 2.24) is 0 Å². The lowest BCUT2D eigenvalue weighted by atomic mass is 9.77. The SMILES string of the molecule is [2H]c1c([2H])c([2H])c(-c2c3ccccc3c(-c3ccc(-c4cc5cc(B6OC(C)(C)C(C)(C)O6)ccc5c5ccccc45)cc3)c3ccccc23)c([2H])c1[2H]. The van der Waals surface area contributed by atoms with E-state index >= 15 is 0 Å². The van der Waals surface area contributed by atoms with Gasteiger partial charge in [-0.1, -0.05) is 145 Å². The Hall–Kier alpha value is -5.22. The maximum atomic E-state index is 8.86. The second-order valence-corrected chi connectivity index (χ2v) is 14.0. The van der Waals surface area contributed by atoms with Crippen molar-refractivity contribution in [2.45, 2.75) is 38.9 Å². The van der Waals surface area contributed by atoms with Gasteiger partial charge in [0, 0.05) is 0 Å². The molecule has 0 N–H and O–H groups in total. The first-order valence-electron chi connectivity index (χ1n) is 19.3. The molecule has 1 heterocycles. The quantitative estimate of drug-likeness (QED) is 0.109. The standard InChI is InChI=1S/C46H37BO2/c1-45(2)46(3,4)49-47(48-45)34-26-27-35-33(28-34)29-42(37-17-9-8-16-36(35)37)30-22-24-32(25-23-30)44-40-20-12-10-18-38(40)43(31-14-6-5-7-15-31)39-19-11-13-21-41(39)44/h5-29H,1-4H3/i5D,6D,7D,14D,15D. The Morgan fingerprint density at radius 3 is 1.53 bits per heavy atom. The molecule has 9 rings (SSSR count). The van der Waals surface area contributed by atoms with Crippen LogP contribution in [0.4, 0.5) is 0 Å². The molecule has 236 valence electrons. The van der Waals surface area contributed by atoms with Gasteiger partial charge in [-0.05, 0) is 116 Å². The molecule has 8 aromatic rings. The van der Waals surface area contributed by atoms with Crippen LogP contribution in [-0.4, -0.2) is 18.3 Å². The van der Waals surface area contributed by atoms with Gasteiger partial charge in [-0.25, -0.2) is 0 Å². The molecule has 3 heteroatoms. The van der Waals surface area contributed by atoms with Gasteiger partial charge in [0.05, 0.1) is 18.1 Å². The van der Waals surface area contributed by atoms with E-state index in [1.807, 2.05) is 36.4 Å². The Morgan fingerprint density at radius 2 is 0.959 bits per heavy atom. The molecular weight excluding hydrogens is 595 g/mol. The molecule has 1 fully saturated rings. The first kappa shape index (κ1) is 24.9. The van der Waals surface area contributed by atoms with Crippen molar-refractivity contribution >= 4 is 55.7 Å². The van der Waals surface area contributed by atoms with Crippen LogP contribution < -0.4 is 5.46 Å². The summed E-state index contributed by atoms with van der Waals surface area (Å²) in [4.78, 5) is 0. The monoisotopic (exact) mass is 637 g/mol. The minimum atomic E-state index is -0.454. The van der Waals surface area contributed by atoms with E-state index in [1.165, 1.54) is 16.2 Å². The third-order valence-corrected chi connectivity index (χ3v) is 10.6. The van der Waals surface area contributed by atoms with Crippen LogP contribution in [0.5, 0.6) is 0 Å². The molecule has 0 atom stereocenters. The van der Waals surface area contributed by atoms with Crippen molar-refractivity contribution in [2.75, 3.05) is 0 Å². The highest BCUT2D eigenvalue weighted by Gasteiger charge is 2.51. The largest absolute Gasteiger partial charge is 0.494 e. The smallest absolute Gasteiger partial charge is 0.399 e. The highest BCUT2D eigenvalue weighted by atomic mass is 16.7. The number of hydrogen-bond donors (Lipinski definition) is 0. The molecule has 0 spiro atoms. The molecule has 0 saturated carbocycles. The van der Waals surface area contributed by atoms with Crippen molar-refractivity contribution < 1.29 is 16.2 Å². The van der Waals surface area contributed by atoms with Crippen LogP contribution in [0.2, 0.25) is 0 Å². The van der Waals surface area contributed by atoms with Crippen molar-refractivity contribution in [3.63, 3.8) is 0 Å². The van der Waals surface area contributed by atoms with Crippen LogP contribution >= 0.6 is 0 Å². The van der Waals surface area contributed by atoms with Crippen LogP contribution in [0, 0.1) is 0 Å². The maximum Gasteiger partial charge on any atom is 0.494 e. The van der Waals surface area contributed by atoms with Crippen LogP contribution in [-0.2, 0) is 9.31 Å². The highest BCUT2D eigenvalue weighted by molar-refractivity contribution is 6.62. The topological polar surface area (TPSA) is 18.5 Å². The van der Waals surface area contributed by atoms with Crippen molar-refractivity contribution in [3.05, 3.63) is 152 Å². The first-order chi connectivity index (χ1) is 25.9. The van der Waals surface area contributed by atoms with Crippen molar-refractivity contribution in [1.29, 1.82) is 0 Å². The molecule has 1 aliphatic rings. The Kier molecular flexibility index (Phi) is 5.67. The fourth-order valence-electron chi connectivity index (χ4n) is 7.40. The number of benzene rings is 8. The number of hydrogen-bond acceptors (Lipinski definition) is 2. The number of rotatable bonds is 4. The van der Waals surface area contributed by atoms with E-state index in [9.17, 15) is 0 Å². The van der Waals surface area contributed by atoms with E-state index in [2.05, 4.69) is 113 Å². The Morgan fingerprint density at radius 1 is 0.469 bits per heavy atom. The van der Waals surface area contributed by atoms with Gasteiger partial charge < -0.3 is 9.31 Å². The Balaban J connectivity index is 1.21. The number of fused-ring (bicyclic) bond motifs is 5. The first-order valence-corrected chi connectivity index (χ1v) is 16.8. The molecule has 49 heavy (non-hydrogen) atoms. The van der Waals surface area contributed by atoms with E-state index in [4.69, 9.17) is 16.2 Å². The molecule has 0 aliphatic carbocycles. The summed E-state index contributed by atoms with van der Waals surface area (Å²) in [6, 6.07) is 40.4. The molecular formula is C46H37BO2. The van der Waals surface area contributed by atoms with Gasteiger partial charge in [-0.15, -0.1) is 0 Å². The summed E-state index contributed by atoms with van der Waals surface area (Å²) in [7, 11) is -0.454. The van der Waals surface area contributed by atoms with Gasteiger partial charge in [0.2, 0.25) is 0 Å². The maximum absolute atomic E-state index is 8.86. The second-order valence-electron chi connectivity index (χ2n) is 14.0. The van der Waals surface area contributed by atoms with Gasteiger partial charge in [-0.3, -0.25) is 0 Å². The van der Waals surface area contributed by atoms with Gasteiger partial charge in [0.25, 0.3) is 0 Å². The van der Waals surface area contributed by atoms with E-state index < -0.39 is 24.4 Å². The third kappa shape index (κ3) is 4.80. The lowest BCUT2D eigenvalue weighted by Crippen LogP contribution is -2.41. The lowest BCUT2D eigenvalue weighted by molar-refractivity contribution is 0.00578. The molecule has 1 saturated heterocycles. The van der Waals surface area contributed by atoms with Gasteiger partial charge in [-0.2, -0.15) is 0 Å². The average molecular weight is 638 g/mol. The molecule has 0 radical (unpaired) electrons. The second kappa shape index (κ2) is 11.2. The van der Waals surface area contributed by atoms with Gasteiger partial charge in [0.1, 0.15) is 0 Å². The van der Waals surface area contributed by atoms with Crippen LogP contribution in [0.1, 0.15) is 34.5 Å². The molecule has 8 aromatic carbocycles. The predicted molar refractivity (Wildman–Crippen MR) is 208 cm³/mol. The fourth-order valence-corrected chi connectivity index (χ4v) is 7.40. The van der Waals surface area contributed by atoms with Gasteiger partial charge >= 0.3 is 7.12 Å². The minimum absolute atomic E-state index is 0.208. The Bertz CT molecular complexity index is 2750. The molecule has 0 unspecified atom stereocenters. The van der Waals surface area contributed by atoms with Crippen LogP contribution in [0.15, 0.2) is 152 Å². The molecule has 2 nitrogen and oxygen atoms in total. The summed E-state index contributed by atoms with van der Waals surface area (Å²) in [5.74, 6) is 0. The van der Waals surface area contributed by atoms with Crippen molar-refractivity contribution in [3.8, 4) is 33.4 Å². The molecule has 0 bridgehead atoms. The summed E-state index contributed by atoms with van der Waals surface area (Å²) < 4.78 is 55.6. The van der Waals surface area contributed by atoms with E-state index in [1.54, 1.807) is 0 Å². The molecule has 0 amide bonds. The minimum Gasteiger partial charge on any atom is -0.399 e. The summed E-state index contributed by atoms with van der Waals surface area (Å²) in [5.41, 5.74) is 5.24. The van der Waals surface area contributed by atoms with E-state index in [-0.39, 0.29) is 29.7 Å². The fraction of sp³-hybridized carbons (Fsp3) is 0.130. The summed E-state index contributed by atoms with van der Waals surface area (Å²) in [6.45, 7) is 8.29. The van der Waals surface area contributed by atoms with Crippen LogP contribution in [0.25, 0.3) is 76.5 Å². The lowest BCUT2D eigenvalue weighted by Gasteiger charge is -2.32. The Labute approximate surface area is 295 Å². The zero-order valence-corrected chi connectivity index (χ0v) is 27.9. The average Bonchev–Trinajstić information content (AvgIpc) is 3.41. The highest BCUT2D eigenvalue weighted by Crippen LogP contribution is 2.44. The molecule has 1 aliphatic heterocycles. The summed E-state index contributed by atoms with van der Waals surface area (Å²) in [5, 5.41) is 8.16. The predicted octanol–water partition coefficient (Wildman–Crippen LogP) is 11.6. The van der Waals surface area contributed by atoms with Crippen LogP contribution in [0.3, 0.4) is 0 Å². The molecule has 0 aromatic heterocycles.